The number of nitrogens with one attached hydrogen (secondary N) is 1. The molecule has 0 bridgehead atoms. The lowest BCUT2D eigenvalue weighted by Gasteiger charge is -2.27. The highest BCUT2D eigenvalue weighted by Gasteiger charge is 2.20. The van der Waals surface area contributed by atoms with Crippen LogP contribution in [0.3, 0.4) is 0 Å². The summed E-state index contributed by atoms with van der Waals surface area (Å²) in [6.07, 6.45) is 4.38. The largest absolute Gasteiger partial charge is 0.381 e. The van der Waals surface area contributed by atoms with Crippen LogP contribution < -0.4 is 5.32 Å². The standard InChI is InChI=1S/C16H23BrFNO/c1-2-7-19-16(10-12-5-8-20-9-6-12)13-3-4-14(17)15(18)11-13/h3-4,11-12,16,19H,2,5-10H2,1H3. The third kappa shape index (κ3) is 4.54. The lowest BCUT2D eigenvalue weighted by atomic mass is 9.89. The Bertz CT molecular complexity index is 421. The van der Waals surface area contributed by atoms with Crippen molar-refractivity contribution in [2.45, 2.75) is 38.6 Å². The van der Waals surface area contributed by atoms with Crippen LogP contribution in [-0.4, -0.2) is 19.8 Å². The van der Waals surface area contributed by atoms with Crippen molar-refractivity contribution in [3.05, 3.63) is 34.1 Å². The molecule has 0 spiro atoms. The predicted molar refractivity (Wildman–Crippen MR) is 83.3 cm³/mol. The summed E-state index contributed by atoms with van der Waals surface area (Å²) in [4.78, 5) is 0. The lowest BCUT2D eigenvalue weighted by molar-refractivity contribution is 0.0605. The molecule has 0 aliphatic carbocycles. The molecular weight excluding hydrogens is 321 g/mol. The zero-order chi connectivity index (χ0) is 14.4. The molecule has 0 amide bonds. The molecule has 0 radical (unpaired) electrons. The summed E-state index contributed by atoms with van der Waals surface area (Å²) in [5.74, 6) is 0.489. The Morgan fingerprint density at radius 1 is 1.40 bits per heavy atom. The van der Waals surface area contributed by atoms with Crippen molar-refractivity contribution < 1.29 is 9.13 Å². The highest BCUT2D eigenvalue weighted by molar-refractivity contribution is 9.10. The molecule has 1 aromatic carbocycles. The van der Waals surface area contributed by atoms with E-state index in [0.717, 1.165) is 51.0 Å². The molecule has 0 aromatic heterocycles. The maximum Gasteiger partial charge on any atom is 0.137 e. The van der Waals surface area contributed by atoms with E-state index in [1.807, 2.05) is 6.07 Å². The summed E-state index contributed by atoms with van der Waals surface area (Å²) < 4.78 is 19.7. The van der Waals surface area contributed by atoms with Crippen LogP contribution in [0, 0.1) is 11.7 Å². The van der Waals surface area contributed by atoms with Gasteiger partial charge in [-0.2, -0.15) is 0 Å². The van der Waals surface area contributed by atoms with Crippen molar-refractivity contribution in [1.29, 1.82) is 0 Å². The van der Waals surface area contributed by atoms with Crippen molar-refractivity contribution in [3.8, 4) is 0 Å². The summed E-state index contributed by atoms with van der Waals surface area (Å²) in [5, 5.41) is 3.56. The van der Waals surface area contributed by atoms with Crippen LogP contribution in [-0.2, 0) is 4.74 Å². The first-order valence-corrected chi connectivity index (χ1v) is 8.26. The number of hydrogen-bond donors (Lipinski definition) is 1. The van der Waals surface area contributed by atoms with Gasteiger partial charge in [0.25, 0.3) is 0 Å². The Labute approximate surface area is 129 Å². The third-order valence-electron chi connectivity index (χ3n) is 3.90. The fourth-order valence-corrected chi connectivity index (χ4v) is 2.95. The molecular formula is C16H23BrFNO. The second-order valence-electron chi connectivity index (χ2n) is 5.47. The lowest BCUT2D eigenvalue weighted by Crippen LogP contribution is -2.27. The molecule has 1 aliphatic heterocycles. The topological polar surface area (TPSA) is 21.3 Å². The second-order valence-corrected chi connectivity index (χ2v) is 6.33. The molecule has 1 fully saturated rings. The molecule has 20 heavy (non-hydrogen) atoms. The van der Waals surface area contributed by atoms with Gasteiger partial charge in [-0.25, -0.2) is 4.39 Å². The highest BCUT2D eigenvalue weighted by Crippen LogP contribution is 2.29. The van der Waals surface area contributed by atoms with Crippen LogP contribution in [0.5, 0.6) is 0 Å². The van der Waals surface area contributed by atoms with Crippen molar-refractivity contribution in [3.63, 3.8) is 0 Å². The van der Waals surface area contributed by atoms with E-state index >= 15 is 0 Å². The van der Waals surface area contributed by atoms with Gasteiger partial charge < -0.3 is 10.1 Å². The molecule has 1 aromatic rings. The van der Waals surface area contributed by atoms with Gasteiger partial charge in [-0.1, -0.05) is 13.0 Å². The van der Waals surface area contributed by atoms with E-state index in [1.54, 1.807) is 12.1 Å². The van der Waals surface area contributed by atoms with Crippen LogP contribution in [0.4, 0.5) is 4.39 Å². The van der Waals surface area contributed by atoms with Gasteiger partial charge in [0.1, 0.15) is 5.82 Å². The first kappa shape index (κ1) is 15.9. The smallest absolute Gasteiger partial charge is 0.137 e. The van der Waals surface area contributed by atoms with E-state index < -0.39 is 0 Å². The third-order valence-corrected chi connectivity index (χ3v) is 4.54. The first-order chi connectivity index (χ1) is 9.70. The quantitative estimate of drug-likeness (QED) is 0.823. The summed E-state index contributed by atoms with van der Waals surface area (Å²) in [6, 6.07) is 5.70. The molecule has 2 rings (SSSR count). The molecule has 2 nitrogen and oxygen atoms in total. The minimum atomic E-state index is -0.183. The fourth-order valence-electron chi connectivity index (χ4n) is 2.70. The Kier molecular flexibility index (Phi) is 6.46. The Balaban J connectivity index is 2.06. The molecule has 1 aliphatic rings. The van der Waals surface area contributed by atoms with Crippen LogP contribution in [0.1, 0.15) is 44.2 Å². The maximum absolute atomic E-state index is 13.7. The molecule has 1 unspecified atom stereocenters. The summed E-state index contributed by atoms with van der Waals surface area (Å²) >= 11 is 3.22. The minimum absolute atomic E-state index is 0.183. The second kappa shape index (κ2) is 8.11. The van der Waals surface area contributed by atoms with Gasteiger partial charge in [-0.3, -0.25) is 0 Å². The van der Waals surface area contributed by atoms with Crippen LogP contribution in [0.15, 0.2) is 22.7 Å². The number of ether oxygens (including phenoxy) is 1. The van der Waals surface area contributed by atoms with Gasteiger partial charge in [-0.05, 0) is 71.8 Å². The molecule has 1 saturated heterocycles. The zero-order valence-electron chi connectivity index (χ0n) is 12.0. The summed E-state index contributed by atoms with van der Waals surface area (Å²) in [6.45, 7) is 4.84. The molecule has 4 heteroatoms. The number of halogens is 2. The van der Waals surface area contributed by atoms with Gasteiger partial charge in [0, 0.05) is 19.3 Å². The highest BCUT2D eigenvalue weighted by atomic mass is 79.9. The average Bonchev–Trinajstić information content (AvgIpc) is 2.47. The van der Waals surface area contributed by atoms with E-state index in [1.165, 1.54) is 0 Å². The monoisotopic (exact) mass is 343 g/mol. The predicted octanol–water partition coefficient (Wildman–Crippen LogP) is 4.45. The van der Waals surface area contributed by atoms with Gasteiger partial charge in [-0.15, -0.1) is 0 Å². The molecule has 1 N–H and O–H groups in total. The Morgan fingerprint density at radius 2 is 2.15 bits per heavy atom. The molecule has 1 atom stereocenters. The maximum atomic E-state index is 13.7. The van der Waals surface area contributed by atoms with E-state index in [2.05, 4.69) is 28.2 Å². The van der Waals surface area contributed by atoms with Crippen LogP contribution in [0.25, 0.3) is 0 Å². The SMILES string of the molecule is CCCNC(CC1CCOCC1)c1ccc(Br)c(F)c1. The zero-order valence-corrected chi connectivity index (χ0v) is 13.6. The van der Waals surface area contributed by atoms with Gasteiger partial charge in [0.2, 0.25) is 0 Å². The molecule has 112 valence electrons. The van der Waals surface area contributed by atoms with Crippen LogP contribution >= 0.6 is 15.9 Å². The summed E-state index contributed by atoms with van der Waals surface area (Å²) in [5.41, 5.74) is 1.05. The molecule has 1 heterocycles. The number of benzene rings is 1. The van der Waals surface area contributed by atoms with Gasteiger partial charge in [0.15, 0.2) is 0 Å². The number of rotatable bonds is 6. The van der Waals surface area contributed by atoms with Gasteiger partial charge in [0.05, 0.1) is 4.47 Å². The van der Waals surface area contributed by atoms with Crippen LogP contribution in [0.2, 0.25) is 0 Å². The van der Waals surface area contributed by atoms with E-state index in [4.69, 9.17) is 4.74 Å². The van der Waals surface area contributed by atoms with Crippen molar-refractivity contribution in [2.24, 2.45) is 5.92 Å². The normalized spacial score (nSPS) is 18.1. The minimum Gasteiger partial charge on any atom is -0.381 e. The fraction of sp³-hybridized carbons (Fsp3) is 0.625. The molecule has 0 saturated carbocycles. The summed E-state index contributed by atoms with van der Waals surface area (Å²) in [7, 11) is 0. The first-order valence-electron chi connectivity index (χ1n) is 7.46. The van der Waals surface area contributed by atoms with E-state index in [0.29, 0.717) is 10.4 Å². The van der Waals surface area contributed by atoms with E-state index in [9.17, 15) is 4.39 Å². The average molecular weight is 344 g/mol. The Hall–Kier alpha value is -0.450. The van der Waals surface area contributed by atoms with Crippen molar-refractivity contribution >= 4 is 15.9 Å². The van der Waals surface area contributed by atoms with Crippen molar-refractivity contribution in [1.82, 2.24) is 5.32 Å². The number of hydrogen-bond acceptors (Lipinski definition) is 2. The van der Waals surface area contributed by atoms with Crippen molar-refractivity contribution in [2.75, 3.05) is 19.8 Å². The van der Waals surface area contributed by atoms with Gasteiger partial charge >= 0.3 is 0 Å². The Morgan fingerprint density at radius 3 is 2.80 bits per heavy atom. The van der Waals surface area contributed by atoms with E-state index in [-0.39, 0.29) is 11.9 Å².